The highest BCUT2D eigenvalue weighted by molar-refractivity contribution is 7.98. The second-order valence-corrected chi connectivity index (χ2v) is 6.01. The van der Waals surface area contributed by atoms with Crippen LogP contribution in [0.1, 0.15) is 44.5 Å². The first-order chi connectivity index (χ1) is 9.61. The summed E-state index contributed by atoms with van der Waals surface area (Å²) >= 11 is 1.61. The lowest BCUT2D eigenvalue weighted by molar-refractivity contribution is 0.572. The molecule has 0 spiro atoms. The molecule has 108 valence electrons. The molecule has 20 heavy (non-hydrogen) atoms. The van der Waals surface area contributed by atoms with Crippen LogP contribution in [0.5, 0.6) is 0 Å². The smallest absolute Gasteiger partial charge is 0.191 e. The summed E-state index contributed by atoms with van der Waals surface area (Å²) in [6.45, 7) is 7.31. The third kappa shape index (κ3) is 3.60. The van der Waals surface area contributed by atoms with Crippen LogP contribution in [0, 0.1) is 5.82 Å². The number of rotatable bonds is 6. The fraction of sp³-hybridized carbons (Fsp3) is 0.467. The average molecular weight is 293 g/mol. The highest BCUT2D eigenvalue weighted by Crippen LogP contribution is 2.25. The maximum atomic E-state index is 13.2. The van der Waals surface area contributed by atoms with E-state index in [1.165, 1.54) is 6.07 Å². The monoisotopic (exact) mass is 293 g/mol. The van der Waals surface area contributed by atoms with Crippen molar-refractivity contribution >= 4 is 11.8 Å². The van der Waals surface area contributed by atoms with Gasteiger partial charge in [-0.05, 0) is 24.1 Å². The number of nitrogens with zero attached hydrogens (tertiary/aromatic N) is 3. The zero-order valence-corrected chi connectivity index (χ0v) is 13.0. The van der Waals surface area contributed by atoms with Crippen LogP contribution in [-0.4, -0.2) is 14.8 Å². The van der Waals surface area contributed by atoms with E-state index in [0.717, 1.165) is 29.5 Å². The van der Waals surface area contributed by atoms with Gasteiger partial charge in [-0.15, -0.1) is 10.2 Å². The maximum Gasteiger partial charge on any atom is 0.191 e. The summed E-state index contributed by atoms with van der Waals surface area (Å²) in [7, 11) is 0. The van der Waals surface area contributed by atoms with Gasteiger partial charge in [0.15, 0.2) is 5.16 Å². The molecular weight excluding hydrogens is 273 g/mol. The average Bonchev–Trinajstić information content (AvgIpc) is 2.80. The number of halogens is 1. The van der Waals surface area contributed by atoms with Crippen LogP contribution in [0.4, 0.5) is 4.39 Å². The van der Waals surface area contributed by atoms with Crippen molar-refractivity contribution in [2.45, 2.75) is 50.6 Å². The lowest BCUT2D eigenvalue weighted by atomic mass is 10.2. The Bertz CT molecular complexity index is 566. The van der Waals surface area contributed by atoms with Crippen molar-refractivity contribution < 1.29 is 4.39 Å². The van der Waals surface area contributed by atoms with Crippen molar-refractivity contribution in [2.24, 2.45) is 0 Å². The van der Waals surface area contributed by atoms with E-state index < -0.39 is 0 Å². The summed E-state index contributed by atoms with van der Waals surface area (Å²) < 4.78 is 15.3. The summed E-state index contributed by atoms with van der Waals surface area (Å²) in [5, 5.41) is 9.47. The highest BCUT2D eigenvalue weighted by Gasteiger charge is 2.14. The summed E-state index contributed by atoms with van der Waals surface area (Å²) in [6, 6.07) is 6.70. The van der Waals surface area contributed by atoms with E-state index in [2.05, 4.69) is 35.5 Å². The van der Waals surface area contributed by atoms with Crippen molar-refractivity contribution in [1.29, 1.82) is 0 Å². The molecule has 0 unspecified atom stereocenters. The van der Waals surface area contributed by atoms with Crippen LogP contribution in [0.3, 0.4) is 0 Å². The number of hydrogen-bond donors (Lipinski definition) is 0. The number of thioether (sulfide) groups is 1. The fourth-order valence-electron chi connectivity index (χ4n) is 2.04. The third-order valence-corrected chi connectivity index (χ3v) is 4.00. The first-order valence-electron chi connectivity index (χ1n) is 6.92. The van der Waals surface area contributed by atoms with Gasteiger partial charge in [-0.1, -0.05) is 44.7 Å². The molecule has 0 aliphatic carbocycles. The Balaban J connectivity index is 2.13. The van der Waals surface area contributed by atoms with Crippen LogP contribution < -0.4 is 0 Å². The molecule has 0 N–H and O–H groups in total. The van der Waals surface area contributed by atoms with E-state index in [4.69, 9.17) is 0 Å². The molecular formula is C15H20FN3S. The molecule has 0 fully saturated rings. The molecule has 3 nitrogen and oxygen atoms in total. The van der Waals surface area contributed by atoms with Crippen molar-refractivity contribution in [3.8, 4) is 0 Å². The molecule has 5 heteroatoms. The Morgan fingerprint density at radius 2 is 2.10 bits per heavy atom. The van der Waals surface area contributed by atoms with E-state index in [1.807, 2.05) is 6.07 Å². The second-order valence-electron chi connectivity index (χ2n) is 5.07. The van der Waals surface area contributed by atoms with E-state index in [0.29, 0.717) is 11.7 Å². The fourth-order valence-corrected chi connectivity index (χ4v) is 2.96. The summed E-state index contributed by atoms with van der Waals surface area (Å²) in [6.07, 6.45) is 1.05. The molecule has 0 saturated heterocycles. The first-order valence-corrected chi connectivity index (χ1v) is 7.90. The zero-order valence-electron chi connectivity index (χ0n) is 12.1. The molecule has 0 aliphatic heterocycles. The summed E-state index contributed by atoms with van der Waals surface area (Å²) in [5.74, 6) is 1.89. The van der Waals surface area contributed by atoms with Gasteiger partial charge in [0.1, 0.15) is 11.6 Å². The van der Waals surface area contributed by atoms with Crippen molar-refractivity contribution in [3.05, 3.63) is 41.5 Å². The van der Waals surface area contributed by atoms with Crippen LogP contribution in [0.25, 0.3) is 0 Å². The SMILES string of the molecule is CCCn1c(SCc2cccc(F)c2)nnc1C(C)C. The van der Waals surface area contributed by atoms with Gasteiger partial charge in [-0.3, -0.25) is 0 Å². The van der Waals surface area contributed by atoms with E-state index >= 15 is 0 Å². The Hall–Kier alpha value is -1.36. The van der Waals surface area contributed by atoms with Gasteiger partial charge >= 0.3 is 0 Å². The van der Waals surface area contributed by atoms with E-state index in [-0.39, 0.29) is 5.82 Å². The van der Waals surface area contributed by atoms with Crippen molar-refractivity contribution in [1.82, 2.24) is 14.8 Å². The predicted octanol–water partition coefficient (Wildman–Crippen LogP) is 4.24. The minimum atomic E-state index is -0.194. The molecule has 0 bridgehead atoms. The van der Waals surface area contributed by atoms with Crippen molar-refractivity contribution in [2.75, 3.05) is 0 Å². The number of aromatic nitrogens is 3. The van der Waals surface area contributed by atoms with Crippen molar-refractivity contribution in [3.63, 3.8) is 0 Å². The molecule has 0 aliphatic rings. The first kappa shape index (κ1) is 15.0. The second kappa shape index (κ2) is 6.88. The molecule has 0 saturated carbocycles. The topological polar surface area (TPSA) is 30.7 Å². The number of hydrogen-bond acceptors (Lipinski definition) is 3. The Morgan fingerprint density at radius 1 is 1.30 bits per heavy atom. The molecule has 0 radical (unpaired) electrons. The molecule has 0 amide bonds. The third-order valence-electron chi connectivity index (χ3n) is 2.97. The summed E-state index contributed by atoms with van der Waals surface area (Å²) in [5.41, 5.74) is 0.965. The van der Waals surface area contributed by atoms with Gasteiger partial charge in [0.2, 0.25) is 0 Å². The standard InChI is InChI=1S/C15H20FN3S/c1-4-8-19-14(11(2)3)17-18-15(19)20-10-12-6-5-7-13(16)9-12/h5-7,9,11H,4,8,10H2,1-3H3. The lowest BCUT2D eigenvalue weighted by Gasteiger charge is -2.10. The minimum absolute atomic E-state index is 0.194. The van der Waals surface area contributed by atoms with E-state index in [1.54, 1.807) is 23.9 Å². The van der Waals surface area contributed by atoms with Gasteiger partial charge in [0.05, 0.1) is 0 Å². The Morgan fingerprint density at radius 3 is 2.75 bits per heavy atom. The van der Waals surface area contributed by atoms with Crippen LogP contribution >= 0.6 is 11.8 Å². The zero-order chi connectivity index (χ0) is 14.5. The molecule has 0 atom stereocenters. The Labute approximate surface area is 123 Å². The van der Waals surface area contributed by atoms with Gasteiger partial charge in [-0.25, -0.2) is 4.39 Å². The van der Waals surface area contributed by atoms with Crippen LogP contribution in [0.15, 0.2) is 29.4 Å². The largest absolute Gasteiger partial charge is 0.306 e. The van der Waals surface area contributed by atoms with Gasteiger partial charge in [-0.2, -0.15) is 0 Å². The quantitative estimate of drug-likeness (QED) is 0.746. The normalized spacial score (nSPS) is 11.2. The molecule has 2 aromatic rings. The molecule has 1 aromatic carbocycles. The van der Waals surface area contributed by atoms with Gasteiger partial charge in [0, 0.05) is 18.2 Å². The van der Waals surface area contributed by atoms with Crippen LogP contribution in [-0.2, 0) is 12.3 Å². The minimum Gasteiger partial charge on any atom is -0.306 e. The van der Waals surface area contributed by atoms with Crippen LogP contribution in [0.2, 0.25) is 0 Å². The lowest BCUT2D eigenvalue weighted by Crippen LogP contribution is -2.06. The predicted molar refractivity (Wildman–Crippen MR) is 80.4 cm³/mol. The Kier molecular flexibility index (Phi) is 5.17. The van der Waals surface area contributed by atoms with E-state index in [9.17, 15) is 4.39 Å². The van der Waals surface area contributed by atoms with Gasteiger partial charge in [0.25, 0.3) is 0 Å². The molecule has 1 heterocycles. The summed E-state index contributed by atoms with van der Waals surface area (Å²) in [4.78, 5) is 0. The molecule has 1 aromatic heterocycles. The van der Waals surface area contributed by atoms with Gasteiger partial charge < -0.3 is 4.57 Å². The highest BCUT2D eigenvalue weighted by atomic mass is 32.2. The maximum absolute atomic E-state index is 13.2. The number of benzene rings is 1. The molecule has 2 rings (SSSR count).